The van der Waals surface area contributed by atoms with E-state index in [9.17, 15) is 4.79 Å². The maximum atomic E-state index is 11.4. The second-order valence-corrected chi connectivity index (χ2v) is 4.00. The summed E-state index contributed by atoms with van der Waals surface area (Å²) in [4.78, 5) is 15.1. The van der Waals surface area contributed by atoms with Crippen LogP contribution in [0.4, 0.5) is 0 Å². The molecule has 86 valence electrons. The number of hydrogen-bond acceptors (Lipinski definition) is 4. The quantitative estimate of drug-likeness (QED) is 0.661. The summed E-state index contributed by atoms with van der Waals surface area (Å²) < 4.78 is 0.986. The van der Waals surface area contributed by atoms with Gasteiger partial charge in [0.15, 0.2) is 0 Å². The Hall–Kier alpha value is -2.02. The fourth-order valence-electron chi connectivity index (χ4n) is 1.08. The van der Waals surface area contributed by atoms with E-state index in [0.29, 0.717) is 0 Å². The average molecular weight is 294 g/mol. The molecule has 1 aromatic carbocycles. The molecule has 2 N–H and O–H groups in total. The third kappa shape index (κ3) is 3.22. The average Bonchev–Trinajstić information content (AvgIpc) is 2.85. The first kappa shape index (κ1) is 11.5. The van der Waals surface area contributed by atoms with Gasteiger partial charge in [0.2, 0.25) is 5.82 Å². The van der Waals surface area contributed by atoms with Gasteiger partial charge in [-0.05, 0) is 17.7 Å². The van der Waals surface area contributed by atoms with Gasteiger partial charge < -0.3 is 0 Å². The summed E-state index contributed by atoms with van der Waals surface area (Å²) in [7, 11) is 0. The maximum Gasteiger partial charge on any atom is 0.308 e. The molecule has 0 radical (unpaired) electrons. The molecule has 0 bridgehead atoms. The molecule has 6 nitrogen and oxygen atoms in total. The van der Waals surface area contributed by atoms with Crippen molar-refractivity contribution < 1.29 is 4.79 Å². The lowest BCUT2D eigenvalue weighted by atomic mass is 10.2. The molecule has 7 heteroatoms. The van der Waals surface area contributed by atoms with Crippen molar-refractivity contribution >= 4 is 28.1 Å². The summed E-state index contributed by atoms with van der Waals surface area (Å²) in [6.07, 6.45) is 2.80. The number of halogens is 1. The van der Waals surface area contributed by atoms with Crippen molar-refractivity contribution in [2.45, 2.75) is 0 Å². The lowest BCUT2D eigenvalue weighted by Crippen LogP contribution is -2.19. The Morgan fingerprint density at radius 1 is 1.41 bits per heavy atom. The summed E-state index contributed by atoms with van der Waals surface area (Å²) in [5, 5.41) is 9.80. The zero-order valence-corrected chi connectivity index (χ0v) is 10.2. The van der Waals surface area contributed by atoms with Crippen LogP contribution in [-0.4, -0.2) is 27.3 Å². The second kappa shape index (κ2) is 5.35. The van der Waals surface area contributed by atoms with Gasteiger partial charge in [-0.25, -0.2) is 10.4 Å². The molecule has 17 heavy (non-hydrogen) atoms. The Balaban J connectivity index is 1.94. The molecule has 0 aliphatic carbocycles. The van der Waals surface area contributed by atoms with Gasteiger partial charge in [-0.15, -0.1) is 0 Å². The van der Waals surface area contributed by atoms with Gasteiger partial charge in [0.1, 0.15) is 6.33 Å². The van der Waals surface area contributed by atoms with Crippen molar-refractivity contribution in [2.24, 2.45) is 5.10 Å². The van der Waals surface area contributed by atoms with Crippen LogP contribution >= 0.6 is 15.9 Å². The number of aromatic amines is 1. The molecular weight excluding hydrogens is 286 g/mol. The van der Waals surface area contributed by atoms with Gasteiger partial charge in [0.25, 0.3) is 0 Å². The lowest BCUT2D eigenvalue weighted by molar-refractivity contribution is 0.0945. The highest BCUT2D eigenvalue weighted by Gasteiger charge is 2.05. The molecule has 1 amide bonds. The van der Waals surface area contributed by atoms with Crippen molar-refractivity contribution in [3.8, 4) is 0 Å². The number of hydrazone groups is 1. The monoisotopic (exact) mass is 293 g/mol. The molecule has 1 heterocycles. The molecule has 0 unspecified atom stereocenters. The lowest BCUT2D eigenvalue weighted by Gasteiger charge is -1.95. The minimum Gasteiger partial charge on any atom is -0.264 e. The van der Waals surface area contributed by atoms with E-state index in [-0.39, 0.29) is 5.82 Å². The number of rotatable bonds is 3. The van der Waals surface area contributed by atoms with Crippen LogP contribution in [-0.2, 0) is 0 Å². The van der Waals surface area contributed by atoms with Crippen LogP contribution in [0.3, 0.4) is 0 Å². The standard InChI is InChI=1S/C10H8BrN5O/c11-8-3-1-7(2-4-8)5-13-16-10(17)9-12-6-14-15-9/h1-6H,(H,16,17)(H,12,14,15)/b13-5-. The van der Waals surface area contributed by atoms with Crippen molar-refractivity contribution in [3.05, 3.63) is 46.5 Å². The van der Waals surface area contributed by atoms with E-state index in [1.54, 1.807) is 6.21 Å². The molecule has 0 aliphatic heterocycles. The van der Waals surface area contributed by atoms with E-state index in [4.69, 9.17) is 0 Å². The van der Waals surface area contributed by atoms with Gasteiger partial charge in [0.05, 0.1) is 6.21 Å². The van der Waals surface area contributed by atoms with Gasteiger partial charge >= 0.3 is 5.91 Å². The number of carbonyl (C=O) groups is 1. The second-order valence-electron chi connectivity index (χ2n) is 3.08. The third-order valence-corrected chi connectivity index (χ3v) is 2.41. The predicted molar refractivity (Wildman–Crippen MR) is 65.6 cm³/mol. The Bertz CT molecular complexity index is 520. The molecule has 0 saturated heterocycles. The van der Waals surface area contributed by atoms with Crippen LogP contribution in [0.1, 0.15) is 16.2 Å². The summed E-state index contributed by atoms with van der Waals surface area (Å²) in [5.41, 5.74) is 3.21. The minimum atomic E-state index is -0.434. The fourth-order valence-corrected chi connectivity index (χ4v) is 1.35. The van der Waals surface area contributed by atoms with E-state index < -0.39 is 5.91 Å². The van der Waals surface area contributed by atoms with Crippen LogP contribution in [0.15, 0.2) is 40.2 Å². The van der Waals surface area contributed by atoms with Crippen molar-refractivity contribution in [2.75, 3.05) is 0 Å². The first-order valence-electron chi connectivity index (χ1n) is 4.70. The highest BCUT2D eigenvalue weighted by atomic mass is 79.9. The number of carbonyl (C=O) groups excluding carboxylic acids is 1. The van der Waals surface area contributed by atoms with Crippen LogP contribution in [0, 0.1) is 0 Å². The van der Waals surface area contributed by atoms with Gasteiger partial charge in [-0.1, -0.05) is 28.1 Å². The molecule has 0 fully saturated rings. The maximum absolute atomic E-state index is 11.4. The van der Waals surface area contributed by atoms with Gasteiger partial charge in [0, 0.05) is 4.47 Å². The molecule has 0 saturated carbocycles. The fraction of sp³-hybridized carbons (Fsp3) is 0. The van der Waals surface area contributed by atoms with E-state index in [2.05, 4.69) is 41.6 Å². The SMILES string of the molecule is O=C(N/N=C\c1ccc(Br)cc1)c1ncn[nH]1. The molecular formula is C10H8BrN5O. The van der Waals surface area contributed by atoms with Crippen LogP contribution < -0.4 is 5.43 Å². The normalized spacial score (nSPS) is 10.6. The van der Waals surface area contributed by atoms with Gasteiger partial charge in [-0.2, -0.15) is 10.2 Å². The molecule has 1 aromatic heterocycles. The Kier molecular flexibility index (Phi) is 3.61. The molecule has 2 rings (SSSR count). The zero-order valence-electron chi connectivity index (χ0n) is 8.59. The smallest absolute Gasteiger partial charge is 0.264 e. The first-order chi connectivity index (χ1) is 8.25. The largest absolute Gasteiger partial charge is 0.308 e. The highest BCUT2D eigenvalue weighted by molar-refractivity contribution is 9.10. The van der Waals surface area contributed by atoms with E-state index in [1.807, 2.05) is 24.3 Å². The van der Waals surface area contributed by atoms with E-state index >= 15 is 0 Å². The van der Waals surface area contributed by atoms with Gasteiger partial charge in [-0.3, -0.25) is 9.89 Å². The number of hydrogen-bond donors (Lipinski definition) is 2. The number of benzene rings is 1. The highest BCUT2D eigenvalue weighted by Crippen LogP contribution is 2.08. The zero-order chi connectivity index (χ0) is 12.1. The molecule has 0 aliphatic rings. The topological polar surface area (TPSA) is 83.0 Å². The molecule has 2 aromatic rings. The summed E-state index contributed by atoms with van der Waals surface area (Å²) in [5.74, 6) is -0.311. The summed E-state index contributed by atoms with van der Waals surface area (Å²) in [6, 6.07) is 7.52. The summed E-state index contributed by atoms with van der Waals surface area (Å²) >= 11 is 3.33. The minimum absolute atomic E-state index is 0.123. The van der Waals surface area contributed by atoms with E-state index in [0.717, 1.165) is 10.0 Å². The van der Waals surface area contributed by atoms with Crippen LogP contribution in [0.5, 0.6) is 0 Å². The van der Waals surface area contributed by atoms with Crippen LogP contribution in [0.25, 0.3) is 0 Å². The van der Waals surface area contributed by atoms with Crippen molar-refractivity contribution in [3.63, 3.8) is 0 Å². The Labute approximate surface area is 105 Å². The third-order valence-electron chi connectivity index (χ3n) is 1.88. The van der Waals surface area contributed by atoms with Crippen molar-refractivity contribution in [1.82, 2.24) is 20.6 Å². The Morgan fingerprint density at radius 3 is 2.82 bits per heavy atom. The van der Waals surface area contributed by atoms with E-state index in [1.165, 1.54) is 6.33 Å². The number of H-pyrrole nitrogens is 1. The Morgan fingerprint density at radius 2 is 2.18 bits per heavy atom. The molecule has 0 spiro atoms. The number of nitrogens with zero attached hydrogens (tertiary/aromatic N) is 3. The van der Waals surface area contributed by atoms with Crippen LogP contribution in [0.2, 0.25) is 0 Å². The summed E-state index contributed by atoms with van der Waals surface area (Å²) in [6.45, 7) is 0. The number of nitrogens with one attached hydrogen (secondary N) is 2. The number of amides is 1. The van der Waals surface area contributed by atoms with Crippen molar-refractivity contribution in [1.29, 1.82) is 0 Å². The predicted octanol–water partition coefficient (Wildman–Crippen LogP) is 1.33. The molecule has 0 atom stereocenters. The number of aromatic nitrogens is 3. The first-order valence-corrected chi connectivity index (χ1v) is 5.49.